The van der Waals surface area contributed by atoms with E-state index in [1.165, 1.54) is 6.26 Å². The number of rotatable bonds is 4. The Morgan fingerprint density at radius 1 is 1.33 bits per heavy atom. The molecule has 0 saturated carbocycles. The van der Waals surface area contributed by atoms with Crippen LogP contribution in [0.2, 0.25) is 0 Å². The SMILES string of the molecule is CS(=O)(=O)CCC(N)c1nc2cc3c(cc2[nH]1)OCCO3. The Morgan fingerprint density at radius 3 is 2.67 bits per heavy atom. The first kappa shape index (κ1) is 14.2. The predicted octanol–water partition coefficient (Wildman–Crippen LogP) is 0.769. The highest BCUT2D eigenvalue weighted by atomic mass is 32.2. The predicted molar refractivity (Wildman–Crippen MR) is 78.3 cm³/mol. The van der Waals surface area contributed by atoms with Crippen LogP contribution in [0.25, 0.3) is 11.0 Å². The van der Waals surface area contributed by atoms with Crippen molar-refractivity contribution in [2.75, 3.05) is 25.2 Å². The molecule has 7 nitrogen and oxygen atoms in total. The number of fused-ring (bicyclic) bond motifs is 2. The first-order valence-corrected chi connectivity index (χ1v) is 8.71. The third-order valence-corrected chi connectivity index (χ3v) is 4.29. The van der Waals surface area contributed by atoms with E-state index in [0.717, 1.165) is 11.0 Å². The second-order valence-electron chi connectivity index (χ2n) is 5.16. The molecule has 1 aromatic heterocycles. The summed E-state index contributed by atoms with van der Waals surface area (Å²) in [5, 5.41) is 0. The molecule has 114 valence electrons. The van der Waals surface area contributed by atoms with Crippen molar-refractivity contribution in [2.24, 2.45) is 5.73 Å². The van der Waals surface area contributed by atoms with Gasteiger partial charge in [-0.3, -0.25) is 0 Å². The van der Waals surface area contributed by atoms with E-state index in [9.17, 15) is 8.42 Å². The van der Waals surface area contributed by atoms with E-state index in [-0.39, 0.29) is 5.75 Å². The fourth-order valence-corrected chi connectivity index (χ4v) is 2.90. The van der Waals surface area contributed by atoms with Crippen LogP contribution in [0.5, 0.6) is 11.5 Å². The van der Waals surface area contributed by atoms with Crippen LogP contribution in [0.3, 0.4) is 0 Å². The van der Waals surface area contributed by atoms with Gasteiger partial charge >= 0.3 is 0 Å². The Bertz CT molecular complexity index is 726. The molecule has 0 bridgehead atoms. The molecule has 1 aliphatic heterocycles. The standard InChI is InChI=1S/C13H17N3O4S/c1-21(17,18)5-2-8(14)13-15-9-6-11-12(7-10(9)16-13)20-4-3-19-11/h6-8H,2-5,14H2,1H3,(H,15,16). The van der Waals surface area contributed by atoms with E-state index >= 15 is 0 Å². The summed E-state index contributed by atoms with van der Waals surface area (Å²) < 4.78 is 33.4. The van der Waals surface area contributed by atoms with Gasteiger partial charge in [0.25, 0.3) is 0 Å². The van der Waals surface area contributed by atoms with Crippen LogP contribution in [0, 0.1) is 0 Å². The van der Waals surface area contributed by atoms with E-state index in [4.69, 9.17) is 15.2 Å². The van der Waals surface area contributed by atoms with Crippen molar-refractivity contribution in [1.82, 2.24) is 9.97 Å². The second-order valence-corrected chi connectivity index (χ2v) is 7.42. The Morgan fingerprint density at radius 2 is 2.00 bits per heavy atom. The molecule has 1 atom stereocenters. The highest BCUT2D eigenvalue weighted by Crippen LogP contribution is 2.34. The largest absolute Gasteiger partial charge is 0.486 e. The first-order chi connectivity index (χ1) is 9.92. The lowest BCUT2D eigenvalue weighted by molar-refractivity contribution is 0.172. The summed E-state index contributed by atoms with van der Waals surface area (Å²) in [4.78, 5) is 7.53. The fourth-order valence-electron chi connectivity index (χ4n) is 2.22. The molecule has 3 rings (SSSR count). The van der Waals surface area contributed by atoms with Crippen molar-refractivity contribution in [1.29, 1.82) is 0 Å². The normalized spacial score (nSPS) is 16.1. The number of hydrogen-bond acceptors (Lipinski definition) is 6. The molecular formula is C13H17N3O4S. The third-order valence-electron chi connectivity index (χ3n) is 3.32. The second kappa shape index (κ2) is 5.19. The van der Waals surface area contributed by atoms with E-state index in [1.807, 2.05) is 6.07 Å². The van der Waals surface area contributed by atoms with E-state index in [2.05, 4.69) is 9.97 Å². The van der Waals surface area contributed by atoms with Crippen LogP contribution in [0.4, 0.5) is 0 Å². The molecule has 0 amide bonds. The van der Waals surface area contributed by atoms with Gasteiger partial charge in [0.05, 0.1) is 22.8 Å². The van der Waals surface area contributed by atoms with Gasteiger partial charge in [0.1, 0.15) is 28.9 Å². The van der Waals surface area contributed by atoms with Crippen LogP contribution in [-0.4, -0.2) is 43.6 Å². The maximum Gasteiger partial charge on any atom is 0.163 e. The van der Waals surface area contributed by atoms with Gasteiger partial charge in [-0.25, -0.2) is 13.4 Å². The molecule has 0 fully saturated rings. The number of hydrogen-bond donors (Lipinski definition) is 2. The lowest BCUT2D eigenvalue weighted by Crippen LogP contribution is -2.16. The summed E-state index contributed by atoms with van der Waals surface area (Å²) in [7, 11) is -3.03. The molecule has 3 N–H and O–H groups in total. The van der Waals surface area contributed by atoms with Crippen molar-refractivity contribution in [3.05, 3.63) is 18.0 Å². The molecule has 8 heteroatoms. The summed E-state index contributed by atoms with van der Waals surface area (Å²) in [6.45, 7) is 1.04. The number of sulfone groups is 1. The minimum atomic E-state index is -3.03. The van der Waals surface area contributed by atoms with Gasteiger partial charge in [-0.1, -0.05) is 0 Å². The number of nitrogens with one attached hydrogen (secondary N) is 1. The first-order valence-electron chi connectivity index (χ1n) is 6.65. The van der Waals surface area contributed by atoms with Crippen LogP contribution < -0.4 is 15.2 Å². The summed E-state index contributed by atoms with van der Waals surface area (Å²) in [5.74, 6) is 1.94. The Kier molecular flexibility index (Phi) is 3.50. The topological polar surface area (TPSA) is 107 Å². The van der Waals surface area contributed by atoms with Crippen molar-refractivity contribution in [3.8, 4) is 11.5 Å². The molecule has 2 heterocycles. The van der Waals surface area contributed by atoms with E-state index in [1.54, 1.807) is 6.07 Å². The zero-order valence-corrected chi connectivity index (χ0v) is 12.4. The maximum atomic E-state index is 11.2. The van der Waals surface area contributed by atoms with Gasteiger partial charge in [-0.2, -0.15) is 0 Å². The molecule has 21 heavy (non-hydrogen) atoms. The number of nitrogens with zero attached hydrogens (tertiary/aromatic N) is 1. The van der Waals surface area contributed by atoms with E-state index in [0.29, 0.717) is 37.0 Å². The van der Waals surface area contributed by atoms with Crippen molar-refractivity contribution < 1.29 is 17.9 Å². The minimum absolute atomic E-state index is 0.0356. The monoisotopic (exact) mass is 311 g/mol. The third kappa shape index (κ3) is 3.11. The quantitative estimate of drug-likeness (QED) is 0.863. The number of H-pyrrole nitrogens is 1. The molecule has 1 unspecified atom stereocenters. The lowest BCUT2D eigenvalue weighted by Gasteiger charge is -2.17. The fraction of sp³-hybridized carbons (Fsp3) is 0.462. The summed E-state index contributed by atoms with van der Waals surface area (Å²) in [6.07, 6.45) is 1.52. The number of nitrogens with two attached hydrogens (primary N) is 1. The number of ether oxygens (including phenoxy) is 2. The number of aromatic nitrogens is 2. The van der Waals surface area contributed by atoms with Crippen LogP contribution in [0.15, 0.2) is 12.1 Å². The van der Waals surface area contributed by atoms with Gasteiger partial charge in [0, 0.05) is 18.4 Å². The molecule has 0 aliphatic carbocycles. The van der Waals surface area contributed by atoms with Crippen molar-refractivity contribution in [3.63, 3.8) is 0 Å². The molecule has 2 aromatic rings. The van der Waals surface area contributed by atoms with Crippen LogP contribution in [-0.2, 0) is 9.84 Å². The van der Waals surface area contributed by atoms with Gasteiger partial charge in [0.15, 0.2) is 11.5 Å². The molecule has 0 radical (unpaired) electrons. The molecule has 1 aromatic carbocycles. The van der Waals surface area contributed by atoms with Gasteiger partial charge in [-0.15, -0.1) is 0 Å². The molecule has 0 spiro atoms. The summed E-state index contributed by atoms with van der Waals surface area (Å²) in [6, 6.07) is 3.17. The van der Waals surface area contributed by atoms with Gasteiger partial charge < -0.3 is 20.2 Å². The molecule has 0 saturated heterocycles. The summed E-state index contributed by atoms with van der Waals surface area (Å²) >= 11 is 0. The van der Waals surface area contributed by atoms with Gasteiger partial charge in [0.2, 0.25) is 0 Å². The maximum absolute atomic E-state index is 11.2. The van der Waals surface area contributed by atoms with Crippen molar-refractivity contribution in [2.45, 2.75) is 12.5 Å². The van der Waals surface area contributed by atoms with Crippen LogP contribution in [0.1, 0.15) is 18.3 Å². The Labute approximate surface area is 122 Å². The Hall–Kier alpha value is -1.80. The number of imidazole rings is 1. The molecule has 1 aliphatic rings. The summed E-state index contributed by atoms with van der Waals surface area (Å²) in [5.41, 5.74) is 7.52. The highest BCUT2D eigenvalue weighted by Gasteiger charge is 2.18. The van der Waals surface area contributed by atoms with Crippen LogP contribution >= 0.6 is 0 Å². The lowest BCUT2D eigenvalue weighted by atomic mass is 10.2. The average molecular weight is 311 g/mol. The van der Waals surface area contributed by atoms with Gasteiger partial charge in [-0.05, 0) is 6.42 Å². The smallest absolute Gasteiger partial charge is 0.163 e. The number of aromatic amines is 1. The number of benzene rings is 1. The highest BCUT2D eigenvalue weighted by molar-refractivity contribution is 7.90. The van der Waals surface area contributed by atoms with Crippen molar-refractivity contribution >= 4 is 20.9 Å². The minimum Gasteiger partial charge on any atom is -0.486 e. The Balaban J connectivity index is 1.86. The average Bonchev–Trinajstić information content (AvgIpc) is 2.84. The van der Waals surface area contributed by atoms with E-state index < -0.39 is 15.9 Å². The molecular weight excluding hydrogens is 294 g/mol. The zero-order valence-electron chi connectivity index (χ0n) is 11.6. The zero-order chi connectivity index (χ0) is 15.0.